The van der Waals surface area contributed by atoms with Crippen LogP contribution in [0.4, 0.5) is 0 Å². The summed E-state index contributed by atoms with van der Waals surface area (Å²) in [4.78, 5) is 0. The molecule has 2 N–H and O–H groups in total. The van der Waals surface area contributed by atoms with E-state index in [1.165, 1.54) is 43.6 Å². The van der Waals surface area contributed by atoms with E-state index in [4.69, 9.17) is 0 Å². The molecule has 1 aliphatic rings. The Morgan fingerprint density at radius 1 is 1.17 bits per heavy atom. The van der Waals surface area contributed by atoms with Crippen LogP contribution in [0.15, 0.2) is 24.3 Å². The molecule has 0 amide bonds. The minimum atomic E-state index is 0. The molecule has 1 aliphatic heterocycles. The molecular formula is C15H25ClN2. The van der Waals surface area contributed by atoms with Crippen LogP contribution in [-0.4, -0.2) is 19.6 Å². The average Bonchev–Trinajstić information content (AvgIpc) is 2.40. The summed E-state index contributed by atoms with van der Waals surface area (Å²) in [5, 5.41) is 7.03. The van der Waals surface area contributed by atoms with Crippen LogP contribution in [0.1, 0.15) is 30.9 Å². The van der Waals surface area contributed by atoms with Crippen molar-refractivity contribution < 1.29 is 0 Å². The third-order valence-electron chi connectivity index (χ3n) is 3.71. The van der Waals surface area contributed by atoms with Gasteiger partial charge in [0, 0.05) is 6.54 Å². The van der Waals surface area contributed by atoms with E-state index >= 15 is 0 Å². The van der Waals surface area contributed by atoms with E-state index < -0.39 is 0 Å². The molecule has 0 radical (unpaired) electrons. The normalized spacial score (nSPS) is 16.3. The zero-order chi connectivity index (χ0) is 11.9. The van der Waals surface area contributed by atoms with Gasteiger partial charge < -0.3 is 10.6 Å². The van der Waals surface area contributed by atoms with Gasteiger partial charge in [-0.15, -0.1) is 12.4 Å². The van der Waals surface area contributed by atoms with Crippen LogP contribution < -0.4 is 10.6 Å². The Bertz CT molecular complexity index is 335. The average molecular weight is 269 g/mol. The van der Waals surface area contributed by atoms with Gasteiger partial charge in [0.1, 0.15) is 0 Å². The van der Waals surface area contributed by atoms with Crippen LogP contribution in [0.25, 0.3) is 0 Å². The van der Waals surface area contributed by atoms with Gasteiger partial charge in [-0.1, -0.05) is 31.2 Å². The third kappa shape index (κ3) is 4.60. The lowest BCUT2D eigenvalue weighted by Gasteiger charge is -2.23. The molecule has 102 valence electrons. The molecule has 1 fully saturated rings. The van der Waals surface area contributed by atoms with Crippen molar-refractivity contribution >= 4 is 12.4 Å². The SMILES string of the molecule is CCc1ccccc1CNCC1CCNCC1.Cl. The molecule has 18 heavy (non-hydrogen) atoms. The predicted molar refractivity (Wildman–Crippen MR) is 80.4 cm³/mol. The standard InChI is InChI=1S/C15H24N2.ClH/c1-2-14-5-3-4-6-15(14)12-17-11-13-7-9-16-10-8-13;/h3-6,13,16-17H,2,7-12H2,1H3;1H. The first-order valence-electron chi connectivity index (χ1n) is 6.88. The van der Waals surface area contributed by atoms with Gasteiger partial charge >= 0.3 is 0 Å². The lowest BCUT2D eigenvalue weighted by Crippen LogP contribution is -2.33. The van der Waals surface area contributed by atoms with Crippen LogP contribution >= 0.6 is 12.4 Å². The van der Waals surface area contributed by atoms with Crippen LogP contribution in [0.5, 0.6) is 0 Å². The quantitative estimate of drug-likeness (QED) is 0.858. The van der Waals surface area contributed by atoms with Gasteiger partial charge in [-0.25, -0.2) is 0 Å². The van der Waals surface area contributed by atoms with Gasteiger partial charge in [-0.3, -0.25) is 0 Å². The number of hydrogen-bond donors (Lipinski definition) is 2. The van der Waals surface area contributed by atoms with Gasteiger partial charge in [0.05, 0.1) is 0 Å². The Hall–Kier alpha value is -0.570. The van der Waals surface area contributed by atoms with Crippen molar-refractivity contribution in [2.45, 2.75) is 32.7 Å². The van der Waals surface area contributed by atoms with Crippen LogP contribution in [0.3, 0.4) is 0 Å². The number of piperidine rings is 1. The van der Waals surface area contributed by atoms with Gasteiger partial charge in [0.2, 0.25) is 0 Å². The highest BCUT2D eigenvalue weighted by Gasteiger charge is 2.12. The number of benzene rings is 1. The van der Waals surface area contributed by atoms with Gasteiger partial charge in [0.15, 0.2) is 0 Å². The highest BCUT2D eigenvalue weighted by molar-refractivity contribution is 5.85. The minimum absolute atomic E-state index is 0. The van der Waals surface area contributed by atoms with E-state index in [-0.39, 0.29) is 12.4 Å². The Balaban J connectivity index is 0.00000162. The smallest absolute Gasteiger partial charge is 0.0208 e. The highest BCUT2D eigenvalue weighted by atomic mass is 35.5. The molecule has 1 heterocycles. The predicted octanol–water partition coefficient (Wildman–Crippen LogP) is 2.76. The molecule has 0 bridgehead atoms. The first-order chi connectivity index (χ1) is 8.40. The largest absolute Gasteiger partial charge is 0.317 e. The Morgan fingerprint density at radius 3 is 2.50 bits per heavy atom. The second kappa shape index (κ2) is 8.52. The minimum Gasteiger partial charge on any atom is -0.317 e. The number of aryl methyl sites for hydroxylation is 1. The summed E-state index contributed by atoms with van der Waals surface area (Å²) in [6.45, 7) is 6.80. The monoisotopic (exact) mass is 268 g/mol. The van der Waals surface area contributed by atoms with E-state index in [0.29, 0.717) is 0 Å². The molecule has 1 aromatic carbocycles. The third-order valence-corrected chi connectivity index (χ3v) is 3.71. The first-order valence-corrected chi connectivity index (χ1v) is 6.88. The first kappa shape index (κ1) is 15.5. The molecule has 0 saturated carbocycles. The number of hydrogen-bond acceptors (Lipinski definition) is 2. The zero-order valence-electron chi connectivity index (χ0n) is 11.2. The fraction of sp³-hybridized carbons (Fsp3) is 0.600. The lowest BCUT2D eigenvalue weighted by atomic mass is 9.98. The van der Waals surface area contributed by atoms with Crippen molar-refractivity contribution in [1.29, 1.82) is 0 Å². The van der Waals surface area contributed by atoms with E-state index in [9.17, 15) is 0 Å². The molecular weight excluding hydrogens is 244 g/mol. The van der Waals surface area contributed by atoms with E-state index in [1.807, 2.05) is 0 Å². The van der Waals surface area contributed by atoms with Gasteiger partial charge in [-0.05, 0) is 55.9 Å². The van der Waals surface area contributed by atoms with Crippen molar-refractivity contribution in [2.24, 2.45) is 5.92 Å². The zero-order valence-corrected chi connectivity index (χ0v) is 12.1. The Labute approximate surface area is 117 Å². The summed E-state index contributed by atoms with van der Waals surface area (Å²) in [6.07, 6.45) is 3.77. The summed E-state index contributed by atoms with van der Waals surface area (Å²) in [7, 11) is 0. The maximum Gasteiger partial charge on any atom is 0.0208 e. The number of nitrogens with one attached hydrogen (secondary N) is 2. The highest BCUT2D eigenvalue weighted by Crippen LogP contribution is 2.12. The van der Waals surface area contributed by atoms with Crippen LogP contribution in [-0.2, 0) is 13.0 Å². The van der Waals surface area contributed by atoms with Gasteiger partial charge in [0.25, 0.3) is 0 Å². The van der Waals surface area contributed by atoms with Crippen molar-refractivity contribution in [2.75, 3.05) is 19.6 Å². The van der Waals surface area contributed by atoms with Crippen LogP contribution in [0, 0.1) is 5.92 Å². The molecule has 2 rings (SSSR count). The van der Waals surface area contributed by atoms with Crippen molar-refractivity contribution in [3.63, 3.8) is 0 Å². The molecule has 0 spiro atoms. The van der Waals surface area contributed by atoms with Crippen molar-refractivity contribution in [3.05, 3.63) is 35.4 Å². The molecule has 0 aliphatic carbocycles. The number of halogens is 1. The molecule has 0 unspecified atom stereocenters. The molecule has 1 aromatic rings. The second-order valence-corrected chi connectivity index (χ2v) is 4.95. The lowest BCUT2D eigenvalue weighted by molar-refractivity contribution is 0.356. The number of rotatable bonds is 5. The maximum atomic E-state index is 3.62. The Morgan fingerprint density at radius 2 is 1.83 bits per heavy atom. The van der Waals surface area contributed by atoms with E-state index in [0.717, 1.165) is 18.9 Å². The maximum absolute atomic E-state index is 3.62. The van der Waals surface area contributed by atoms with Crippen LogP contribution in [0.2, 0.25) is 0 Å². The summed E-state index contributed by atoms with van der Waals surface area (Å²) in [5.74, 6) is 0.866. The fourth-order valence-electron chi connectivity index (χ4n) is 2.57. The van der Waals surface area contributed by atoms with E-state index in [2.05, 4.69) is 41.8 Å². The second-order valence-electron chi connectivity index (χ2n) is 4.95. The van der Waals surface area contributed by atoms with E-state index in [1.54, 1.807) is 0 Å². The molecule has 2 nitrogen and oxygen atoms in total. The van der Waals surface area contributed by atoms with Crippen molar-refractivity contribution in [3.8, 4) is 0 Å². The summed E-state index contributed by atoms with van der Waals surface area (Å²) >= 11 is 0. The molecule has 0 atom stereocenters. The molecule has 3 heteroatoms. The molecule has 1 saturated heterocycles. The fourth-order valence-corrected chi connectivity index (χ4v) is 2.57. The van der Waals surface area contributed by atoms with Gasteiger partial charge in [-0.2, -0.15) is 0 Å². The summed E-state index contributed by atoms with van der Waals surface area (Å²) in [5.41, 5.74) is 2.94. The topological polar surface area (TPSA) is 24.1 Å². The van der Waals surface area contributed by atoms with Crippen molar-refractivity contribution in [1.82, 2.24) is 10.6 Å². The summed E-state index contributed by atoms with van der Waals surface area (Å²) in [6, 6.07) is 8.76. The summed E-state index contributed by atoms with van der Waals surface area (Å²) < 4.78 is 0. The Kier molecular flexibility index (Phi) is 7.33. The molecule has 0 aromatic heterocycles.